The van der Waals surface area contributed by atoms with Crippen LogP contribution >= 0.6 is 0 Å². The van der Waals surface area contributed by atoms with E-state index in [0.29, 0.717) is 5.56 Å². The van der Waals surface area contributed by atoms with Crippen LogP contribution in [-0.2, 0) is 4.79 Å². The zero-order chi connectivity index (χ0) is 17.0. The van der Waals surface area contributed by atoms with Crippen molar-refractivity contribution in [1.29, 1.82) is 0 Å². The van der Waals surface area contributed by atoms with Crippen LogP contribution in [0, 0.1) is 12.8 Å². The van der Waals surface area contributed by atoms with Crippen LogP contribution in [0.3, 0.4) is 0 Å². The predicted molar refractivity (Wildman–Crippen MR) is 88.1 cm³/mol. The lowest BCUT2D eigenvalue weighted by molar-refractivity contribution is -0.140. The van der Waals surface area contributed by atoms with Crippen molar-refractivity contribution in [2.24, 2.45) is 5.92 Å². The largest absolute Gasteiger partial charge is 0.480 e. The molecule has 2 aromatic rings. The lowest BCUT2D eigenvalue weighted by atomic mass is 9.98. The number of carbonyl (C=O) groups excluding carboxylic acids is 1. The summed E-state index contributed by atoms with van der Waals surface area (Å²) in [6.45, 7) is 5.36. The molecule has 5 nitrogen and oxygen atoms in total. The number of pyridine rings is 1. The molecule has 5 heteroatoms. The molecular formula is C18H20N2O3. The SMILES string of the molecule is Cc1c(C(=O)N[C@@H](C(=O)O)C(C)C)cccc1-c1ccccn1. The van der Waals surface area contributed by atoms with E-state index >= 15 is 0 Å². The zero-order valence-corrected chi connectivity index (χ0v) is 13.4. The molecule has 0 saturated heterocycles. The normalized spacial score (nSPS) is 12.0. The van der Waals surface area contributed by atoms with Crippen LogP contribution in [0.1, 0.15) is 29.8 Å². The molecule has 1 aromatic heterocycles. The minimum Gasteiger partial charge on any atom is -0.480 e. The van der Waals surface area contributed by atoms with Gasteiger partial charge in [0.15, 0.2) is 0 Å². The molecule has 1 heterocycles. The molecule has 0 bridgehead atoms. The van der Waals surface area contributed by atoms with Crippen molar-refractivity contribution < 1.29 is 14.7 Å². The van der Waals surface area contributed by atoms with Gasteiger partial charge < -0.3 is 10.4 Å². The summed E-state index contributed by atoms with van der Waals surface area (Å²) in [6, 6.07) is 10.0. The first-order chi connectivity index (χ1) is 10.9. The van der Waals surface area contributed by atoms with Crippen LogP contribution in [-0.4, -0.2) is 28.0 Å². The topological polar surface area (TPSA) is 79.3 Å². The van der Waals surface area contributed by atoms with E-state index in [0.717, 1.165) is 16.8 Å². The molecule has 2 N–H and O–H groups in total. The Morgan fingerprint density at radius 1 is 1.13 bits per heavy atom. The fourth-order valence-corrected chi connectivity index (χ4v) is 2.41. The van der Waals surface area contributed by atoms with E-state index in [4.69, 9.17) is 0 Å². The van der Waals surface area contributed by atoms with Crippen molar-refractivity contribution in [1.82, 2.24) is 10.3 Å². The molecule has 1 aromatic carbocycles. The molecule has 0 fully saturated rings. The van der Waals surface area contributed by atoms with Gasteiger partial charge in [-0.1, -0.05) is 32.0 Å². The number of carbonyl (C=O) groups is 2. The number of amides is 1. The van der Waals surface area contributed by atoms with Gasteiger partial charge in [-0.25, -0.2) is 4.79 Å². The minimum atomic E-state index is -1.04. The maximum atomic E-state index is 12.5. The van der Waals surface area contributed by atoms with E-state index in [1.54, 1.807) is 32.2 Å². The van der Waals surface area contributed by atoms with Gasteiger partial charge in [-0.2, -0.15) is 0 Å². The molecule has 0 unspecified atom stereocenters. The van der Waals surface area contributed by atoms with Gasteiger partial charge in [-0.15, -0.1) is 0 Å². The van der Waals surface area contributed by atoms with Gasteiger partial charge in [0, 0.05) is 17.3 Å². The fraction of sp³-hybridized carbons (Fsp3) is 0.278. The van der Waals surface area contributed by atoms with Crippen molar-refractivity contribution in [2.45, 2.75) is 26.8 Å². The molecule has 2 rings (SSSR count). The maximum Gasteiger partial charge on any atom is 0.326 e. The lowest BCUT2D eigenvalue weighted by Crippen LogP contribution is -2.44. The molecule has 23 heavy (non-hydrogen) atoms. The molecular weight excluding hydrogens is 292 g/mol. The number of hydrogen-bond donors (Lipinski definition) is 2. The summed E-state index contributed by atoms with van der Waals surface area (Å²) < 4.78 is 0. The van der Waals surface area contributed by atoms with Crippen molar-refractivity contribution in [2.75, 3.05) is 0 Å². The van der Waals surface area contributed by atoms with Gasteiger partial charge >= 0.3 is 5.97 Å². The third kappa shape index (κ3) is 3.74. The lowest BCUT2D eigenvalue weighted by Gasteiger charge is -2.19. The van der Waals surface area contributed by atoms with E-state index in [1.165, 1.54) is 0 Å². The molecule has 0 aliphatic heterocycles. The summed E-state index contributed by atoms with van der Waals surface area (Å²) in [7, 11) is 0. The predicted octanol–water partition coefficient (Wildman–Crippen LogP) is 2.90. The van der Waals surface area contributed by atoms with Crippen molar-refractivity contribution in [3.63, 3.8) is 0 Å². The standard InChI is InChI=1S/C18H20N2O3/c1-11(2)16(18(22)23)20-17(21)14-8-6-7-13(12(14)3)15-9-4-5-10-19-15/h4-11,16H,1-3H3,(H,20,21)(H,22,23)/t16-/m1/s1. The Hall–Kier alpha value is -2.69. The van der Waals surface area contributed by atoms with Gasteiger partial charge in [-0.05, 0) is 36.6 Å². The molecule has 0 saturated carbocycles. The summed E-state index contributed by atoms with van der Waals surface area (Å²) in [6.07, 6.45) is 1.70. The molecule has 0 aliphatic carbocycles. The molecule has 1 atom stereocenters. The van der Waals surface area contributed by atoms with E-state index in [-0.39, 0.29) is 11.8 Å². The summed E-state index contributed by atoms with van der Waals surface area (Å²) in [5, 5.41) is 11.8. The highest BCUT2D eigenvalue weighted by atomic mass is 16.4. The van der Waals surface area contributed by atoms with Crippen molar-refractivity contribution >= 4 is 11.9 Å². The van der Waals surface area contributed by atoms with Crippen molar-refractivity contribution in [3.8, 4) is 11.3 Å². The van der Waals surface area contributed by atoms with E-state index in [2.05, 4.69) is 10.3 Å². The van der Waals surface area contributed by atoms with Gasteiger partial charge in [0.1, 0.15) is 6.04 Å². The minimum absolute atomic E-state index is 0.198. The van der Waals surface area contributed by atoms with Gasteiger partial charge in [-0.3, -0.25) is 9.78 Å². The third-order valence-electron chi connectivity index (χ3n) is 3.74. The molecule has 120 valence electrons. The first kappa shape index (κ1) is 16.7. The Bertz CT molecular complexity index is 711. The smallest absolute Gasteiger partial charge is 0.326 e. The quantitative estimate of drug-likeness (QED) is 0.889. The third-order valence-corrected chi connectivity index (χ3v) is 3.74. The van der Waals surface area contributed by atoms with Crippen LogP contribution in [0.5, 0.6) is 0 Å². The number of rotatable bonds is 5. The second-order valence-corrected chi connectivity index (χ2v) is 5.73. The fourth-order valence-electron chi connectivity index (χ4n) is 2.41. The molecule has 0 aliphatic rings. The number of aliphatic carboxylic acids is 1. The van der Waals surface area contributed by atoms with E-state index in [1.807, 2.05) is 31.2 Å². The van der Waals surface area contributed by atoms with E-state index in [9.17, 15) is 14.7 Å². The Morgan fingerprint density at radius 3 is 2.43 bits per heavy atom. The van der Waals surface area contributed by atoms with Gasteiger partial charge in [0.2, 0.25) is 0 Å². The monoisotopic (exact) mass is 312 g/mol. The Balaban J connectivity index is 2.34. The van der Waals surface area contributed by atoms with Crippen LogP contribution < -0.4 is 5.32 Å². The Kier molecular flexibility index (Phi) is 5.11. The molecule has 0 spiro atoms. The number of aromatic nitrogens is 1. The maximum absolute atomic E-state index is 12.5. The van der Waals surface area contributed by atoms with E-state index < -0.39 is 12.0 Å². The van der Waals surface area contributed by atoms with Crippen LogP contribution in [0.2, 0.25) is 0 Å². The zero-order valence-electron chi connectivity index (χ0n) is 13.4. The first-order valence-electron chi connectivity index (χ1n) is 7.46. The Labute approximate surface area is 135 Å². The number of hydrogen-bond acceptors (Lipinski definition) is 3. The summed E-state index contributed by atoms with van der Waals surface area (Å²) >= 11 is 0. The first-order valence-corrected chi connectivity index (χ1v) is 7.46. The number of nitrogens with one attached hydrogen (secondary N) is 1. The number of carboxylic acid groups (broad SMARTS) is 1. The average molecular weight is 312 g/mol. The number of carboxylic acids is 1. The van der Waals surface area contributed by atoms with Gasteiger partial charge in [0.05, 0.1) is 5.69 Å². The second-order valence-electron chi connectivity index (χ2n) is 5.73. The summed E-state index contributed by atoms with van der Waals surface area (Å²) in [5.41, 5.74) is 2.87. The molecule has 0 radical (unpaired) electrons. The average Bonchev–Trinajstić information content (AvgIpc) is 2.52. The Morgan fingerprint density at radius 2 is 1.87 bits per heavy atom. The number of benzene rings is 1. The highest BCUT2D eigenvalue weighted by molar-refractivity contribution is 5.99. The van der Waals surface area contributed by atoms with Crippen LogP contribution in [0.15, 0.2) is 42.6 Å². The second kappa shape index (κ2) is 7.05. The molecule has 1 amide bonds. The summed E-state index contributed by atoms with van der Waals surface area (Å²) in [5.74, 6) is -1.62. The van der Waals surface area contributed by atoms with Crippen LogP contribution in [0.4, 0.5) is 0 Å². The van der Waals surface area contributed by atoms with Gasteiger partial charge in [0.25, 0.3) is 5.91 Å². The summed E-state index contributed by atoms with van der Waals surface area (Å²) in [4.78, 5) is 28.0. The highest BCUT2D eigenvalue weighted by Gasteiger charge is 2.25. The van der Waals surface area contributed by atoms with Crippen LogP contribution in [0.25, 0.3) is 11.3 Å². The number of nitrogens with zero attached hydrogens (tertiary/aromatic N) is 1. The van der Waals surface area contributed by atoms with Crippen molar-refractivity contribution in [3.05, 3.63) is 53.7 Å². The highest BCUT2D eigenvalue weighted by Crippen LogP contribution is 2.24.